The van der Waals surface area contributed by atoms with E-state index in [1.165, 1.54) is 78.4 Å². The molecule has 0 aromatic carbocycles. The van der Waals surface area contributed by atoms with E-state index >= 15 is 0 Å². The summed E-state index contributed by atoms with van der Waals surface area (Å²) in [4.78, 5) is 0. The van der Waals surface area contributed by atoms with E-state index in [0.29, 0.717) is 5.41 Å². The average molecular weight is 495 g/mol. The van der Waals surface area contributed by atoms with E-state index in [0.717, 1.165) is 0 Å². The van der Waals surface area contributed by atoms with Crippen molar-refractivity contribution in [1.82, 2.24) is 0 Å². The van der Waals surface area contributed by atoms with E-state index < -0.39 is 0 Å². The first-order valence-electron chi connectivity index (χ1n) is 14.1. The van der Waals surface area contributed by atoms with Crippen molar-refractivity contribution in [1.29, 1.82) is 0 Å². The van der Waals surface area contributed by atoms with Crippen LogP contribution in [0, 0.1) is 5.41 Å². The van der Waals surface area contributed by atoms with Crippen LogP contribution in [0.15, 0.2) is 130 Å². The molecule has 0 aromatic heterocycles. The Labute approximate surface area is 228 Å². The minimum atomic E-state index is 0.294. The molecule has 0 saturated heterocycles. The van der Waals surface area contributed by atoms with Gasteiger partial charge in [-0.1, -0.05) is 138 Å². The van der Waals surface area contributed by atoms with Crippen LogP contribution >= 0.6 is 0 Å². The van der Waals surface area contributed by atoms with Crippen molar-refractivity contribution in [2.45, 2.75) is 93.4 Å². The second-order valence-electron chi connectivity index (χ2n) is 11.4. The molecule has 0 radical (unpaired) electrons. The third-order valence-electron chi connectivity index (χ3n) is 7.21. The van der Waals surface area contributed by atoms with E-state index in [9.17, 15) is 0 Å². The quantitative estimate of drug-likeness (QED) is 0.265. The van der Waals surface area contributed by atoms with Crippen LogP contribution < -0.4 is 0 Å². The lowest BCUT2D eigenvalue weighted by Gasteiger charge is -2.32. The van der Waals surface area contributed by atoms with Crippen molar-refractivity contribution in [2.75, 3.05) is 0 Å². The molecule has 2 aliphatic carbocycles. The summed E-state index contributed by atoms with van der Waals surface area (Å²) < 4.78 is 0. The highest BCUT2D eigenvalue weighted by Gasteiger charge is 2.26. The highest BCUT2D eigenvalue weighted by Crippen LogP contribution is 2.40. The van der Waals surface area contributed by atoms with Crippen LogP contribution in [0.3, 0.4) is 0 Å². The molecule has 0 aromatic rings. The molecule has 0 fully saturated rings. The molecule has 0 heterocycles. The lowest BCUT2D eigenvalue weighted by Crippen LogP contribution is -2.19. The molecule has 0 spiro atoms. The molecule has 0 heteroatoms. The van der Waals surface area contributed by atoms with Gasteiger partial charge >= 0.3 is 0 Å². The Hall–Kier alpha value is -2.86. The summed E-state index contributed by atoms with van der Waals surface area (Å²) in [6.07, 6.45) is 41.9. The first-order chi connectivity index (χ1) is 17.7. The van der Waals surface area contributed by atoms with E-state index in [1.807, 2.05) is 0 Å². The fourth-order valence-electron chi connectivity index (χ4n) is 4.82. The molecule has 0 bridgehead atoms. The molecule has 0 saturated carbocycles. The summed E-state index contributed by atoms with van der Waals surface area (Å²) in [7, 11) is 0. The van der Waals surface area contributed by atoms with Crippen molar-refractivity contribution in [2.24, 2.45) is 5.41 Å². The predicted octanol–water partition coefficient (Wildman–Crippen LogP) is 11.6. The zero-order valence-corrected chi connectivity index (χ0v) is 24.6. The minimum absolute atomic E-state index is 0.294. The van der Waals surface area contributed by atoms with Gasteiger partial charge in [-0.15, -0.1) is 0 Å². The second-order valence-corrected chi connectivity index (χ2v) is 11.4. The maximum absolute atomic E-state index is 2.38. The summed E-state index contributed by atoms with van der Waals surface area (Å²) in [6, 6.07) is 0. The van der Waals surface area contributed by atoms with Crippen LogP contribution in [-0.2, 0) is 0 Å². The Morgan fingerprint density at radius 1 is 0.649 bits per heavy atom. The van der Waals surface area contributed by atoms with Gasteiger partial charge in [0.25, 0.3) is 0 Å². The summed E-state index contributed by atoms with van der Waals surface area (Å²) >= 11 is 0. The molecule has 0 atom stereocenters. The predicted molar refractivity (Wildman–Crippen MR) is 168 cm³/mol. The van der Waals surface area contributed by atoms with Crippen LogP contribution in [0.1, 0.15) is 93.4 Å². The van der Waals surface area contributed by atoms with E-state index in [2.05, 4.69) is 140 Å². The number of rotatable bonds is 10. The zero-order valence-electron chi connectivity index (χ0n) is 24.6. The number of hydrogen-bond donors (Lipinski definition) is 0. The summed E-state index contributed by atoms with van der Waals surface area (Å²) in [5.74, 6) is 0. The molecular weight excluding hydrogens is 444 g/mol. The fourth-order valence-corrected chi connectivity index (χ4v) is 4.82. The minimum Gasteiger partial charge on any atom is -0.0813 e. The Balaban J connectivity index is 1.84. The lowest BCUT2D eigenvalue weighted by molar-refractivity contribution is 0.377. The SMILES string of the molecule is CC(C=CC=C(C)C=CC1=CCCCC1)=CC=CC=C(C)C=CC=C(C)C=CC1=C(C)CCCC1(C)C. The van der Waals surface area contributed by atoms with Gasteiger partial charge in [0.1, 0.15) is 0 Å². The summed E-state index contributed by atoms with van der Waals surface area (Å²) in [5.41, 5.74) is 9.87. The van der Waals surface area contributed by atoms with Gasteiger partial charge in [-0.3, -0.25) is 0 Å². The van der Waals surface area contributed by atoms with Crippen molar-refractivity contribution in [3.8, 4) is 0 Å². The largest absolute Gasteiger partial charge is 0.0813 e. The van der Waals surface area contributed by atoms with Crippen molar-refractivity contribution in [3.05, 3.63) is 130 Å². The van der Waals surface area contributed by atoms with E-state index in [-0.39, 0.29) is 0 Å². The van der Waals surface area contributed by atoms with Gasteiger partial charge in [-0.05, 0) is 90.6 Å². The molecule has 2 aliphatic rings. The first-order valence-corrected chi connectivity index (χ1v) is 14.1. The van der Waals surface area contributed by atoms with E-state index in [4.69, 9.17) is 0 Å². The van der Waals surface area contributed by atoms with Crippen LogP contribution in [0.2, 0.25) is 0 Å². The maximum atomic E-state index is 2.38. The monoisotopic (exact) mass is 494 g/mol. The van der Waals surface area contributed by atoms with Gasteiger partial charge < -0.3 is 0 Å². The van der Waals surface area contributed by atoms with Crippen molar-refractivity contribution >= 4 is 0 Å². The molecule has 0 aliphatic heterocycles. The highest BCUT2D eigenvalue weighted by atomic mass is 14.3. The molecule has 0 N–H and O–H groups in total. The molecule has 0 nitrogen and oxygen atoms in total. The van der Waals surface area contributed by atoms with Gasteiger partial charge in [0.15, 0.2) is 0 Å². The zero-order chi connectivity index (χ0) is 27.1. The maximum Gasteiger partial charge on any atom is -0.0104 e. The van der Waals surface area contributed by atoms with Crippen LogP contribution in [-0.4, -0.2) is 0 Å². The van der Waals surface area contributed by atoms with Gasteiger partial charge in [-0.2, -0.15) is 0 Å². The Morgan fingerprint density at radius 3 is 1.73 bits per heavy atom. The summed E-state index contributed by atoms with van der Waals surface area (Å²) in [6.45, 7) is 15.6. The Kier molecular flexibility index (Phi) is 13.2. The molecule has 2 rings (SSSR count). The van der Waals surface area contributed by atoms with Gasteiger partial charge in [-0.25, -0.2) is 0 Å². The molecule has 0 unspecified atom stereocenters. The molecule has 37 heavy (non-hydrogen) atoms. The highest BCUT2D eigenvalue weighted by molar-refractivity contribution is 5.37. The standard InChI is InChI=1S/C37H50/c1-30(18-13-20-32(3)25-27-35-23-9-8-10-24-35)16-11-12-17-31(2)19-14-21-33(4)26-28-36-34(5)22-15-29-37(36,6)7/h11-14,16-21,23,25-28H,8-10,15,22,24,29H2,1-7H3. The van der Waals surface area contributed by atoms with Crippen LogP contribution in [0.25, 0.3) is 0 Å². The smallest absolute Gasteiger partial charge is 0.0104 e. The lowest BCUT2D eigenvalue weighted by atomic mass is 9.72. The third-order valence-corrected chi connectivity index (χ3v) is 7.21. The molecule has 198 valence electrons. The fraction of sp³-hybridized carbons (Fsp3) is 0.405. The number of allylic oxidation sites excluding steroid dienone is 22. The van der Waals surface area contributed by atoms with Crippen LogP contribution in [0.5, 0.6) is 0 Å². The van der Waals surface area contributed by atoms with Gasteiger partial charge in [0.05, 0.1) is 0 Å². The van der Waals surface area contributed by atoms with Crippen molar-refractivity contribution in [3.63, 3.8) is 0 Å². The molecular formula is C37H50. The first kappa shape index (κ1) is 30.4. The third kappa shape index (κ3) is 12.3. The topological polar surface area (TPSA) is 0 Å². The molecule has 0 amide bonds. The average Bonchev–Trinajstić information content (AvgIpc) is 2.85. The van der Waals surface area contributed by atoms with Crippen LogP contribution in [0.4, 0.5) is 0 Å². The Morgan fingerprint density at radius 2 is 1.19 bits per heavy atom. The van der Waals surface area contributed by atoms with Gasteiger partial charge in [0, 0.05) is 0 Å². The summed E-state index contributed by atoms with van der Waals surface area (Å²) in [5, 5.41) is 0. The number of hydrogen-bond acceptors (Lipinski definition) is 0. The van der Waals surface area contributed by atoms with E-state index in [1.54, 1.807) is 5.57 Å². The van der Waals surface area contributed by atoms with Crippen molar-refractivity contribution < 1.29 is 0 Å². The van der Waals surface area contributed by atoms with Gasteiger partial charge in [0.2, 0.25) is 0 Å². The normalized spacial score (nSPS) is 21.0. The Bertz CT molecular complexity index is 1090. The second kappa shape index (κ2) is 16.1.